The molecule has 1 atom stereocenters. The van der Waals surface area contributed by atoms with Crippen LogP contribution in [-0.4, -0.2) is 29.9 Å². The van der Waals surface area contributed by atoms with Crippen molar-refractivity contribution in [3.05, 3.63) is 71.4 Å². The van der Waals surface area contributed by atoms with E-state index < -0.39 is 11.9 Å². The summed E-state index contributed by atoms with van der Waals surface area (Å²) >= 11 is 0. The third-order valence-electron chi connectivity index (χ3n) is 6.59. The van der Waals surface area contributed by atoms with Gasteiger partial charge in [0.25, 0.3) is 0 Å². The van der Waals surface area contributed by atoms with E-state index in [1.54, 1.807) is 12.4 Å². The molecule has 0 saturated heterocycles. The molecule has 1 N–H and O–H groups in total. The fourth-order valence-corrected chi connectivity index (χ4v) is 4.95. The number of hydrogen-bond donors (Lipinski definition) is 1. The zero-order chi connectivity index (χ0) is 22.6. The van der Waals surface area contributed by atoms with Crippen LogP contribution in [0.2, 0.25) is 0 Å². The Morgan fingerprint density at radius 1 is 1.03 bits per heavy atom. The van der Waals surface area contributed by atoms with Crippen molar-refractivity contribution in [3.63, 3.8) is 0 Å². The summed E-state index contributed by atoms with van der Waals surface area (Å²) in [5.41, 5.74) is 4.59. The molecule has 0 bridgehead atoms. The number of hydrogen-bond acceptors (Lipinski definition) is 4. The van der Waals surface area contributed by atoms with Gasteiger partial charge in [-0.3, -0.25) is 4.98 Å². The molecule has 0 aliphatic heterocycles. The molecule has 33 heavy (non-hydrogen) atoms. The maximum atomic E-state index is 13.2. The van der Waals surface area contributed by atoms with Crippen LogP contribution in [0.5, 0.6) is 0 Å². The smallest absolute Gasteiger partial charge is 0.336 e. The summed E-state index contributed by atoms with van der Waals surface area (Å²) < 4.78 is 41.7. The van der Waals surface area contributed by atoms with Gasteiger partial charge in [0.15, 0.2) is 5.69 Å². The van der Waals surface area contributed by atoms with Crippen molar-refractivity contribution in [1.82, 2.24) is 29.9 Å². The Morgan fingerprint density at radius 3 is 2.73 bits per heavy atom. The molecule has 2 aliphatic rings. The van der Waals surface area contributed by atoms with Gasteiger partial charge < -0.3 is 4.57 Å². The van der Waals surface area contributed by atoms with Crippen LogP contribution in [0.15, 0.2) is 49.1 Å². The van der Waals surface area contributed by atoms with Crippen LogP contribution in [0.4, 0.5) is 13.2 Å². The van der Waals surface area contributed by atoms with Gasteiger partial charge in [-0.15, -0.1) is 0 Å². The maximum Gasteiger partial charge on any atom is 0.437 e. The predicted molar refractivity (Wildman–Crippen MR) is 115 cm³/mol. The van der Waals surface area contributed by atoms with Crippen molar-refractivity contribution in [2.45, 2.75) is 50.2 Å². The Kier molecular flexibility index (Phi) is 4.60. The molecule has 2 aliphatic carbocycles. The number of halogens is 3. The number of nitrogens with zero attached hydrogens (tertiary/aromatic N) is 5. The molecule has 0 unspecified atom stereocenters. The summed E-state index contributed by atoms with van der Waals surface area (Å²) in [6.45, 7) is 0.824. The highest BCUT2D eigenvalue weighted by Gasteiger charge is 2.38. The van der Waals surface area contributed by atoms with E-state index in [2.05, 4.69) is 48.1 Å². The van der Waals surface area contributed by atoms with Crippen LogP contribution >= 0.6 is 0 Å². The number of alkyl halides is 3. The normalized spacial score (nSPS) is 18.0. The number of nitrogens with one attached hydrogen (secondary N) is 1. The van der Waals surface area contributed by atoms with Gasteiger partial charge in [-0.05, 0) is 60.4 Å². The van der Waals surface area contributed by atoms with Crippen molar-refractivity contribution >= 4 is 0 Å². The lowest BCUT2D eigenvalue weighted by Crippen LogP contribution is -2.07. The van der Waals surface area contributed by atoms with E-state index in [4.69, 9.17) is 0 Å². The van der Waals surface area contributed by atoms with Crippen molar-refractivity contribution in [1.29, 1.82) is 0 Å². The summed E-state index contributed by atoms with van der Waals surface area (Å²) in [6.07, 6.45) is 5.34. The van der Waals surface area contributed by atoms with Crippen LogP contribution in [-0.2, 0) is 19.1 Å². The molecule has 3 aromatic heterocycles. The number of fused-ring (bicyclic) bond motifs is 1. The predicted octanol–water partition coefficient (Wildman–Crippen LogP) is 5.36. The van der Waals surface area contributed by atoms with Gasteiger partial charge in [0, 0.05) is 30.4 Å². The molecule has 1 fully saturated rings. The Balaban J connectivity index is 1.26. The van der Waals surface area contributed by atoms with Crippen LogP contribution in [0.25, 0.3) is 22.6 Å². The highest BCUT2D eigenvalue weighted by Crippen LogP contribution is 2.47. The van der Waals surface area contributed by atoms with Gasteiger partial charge in [-0.2, -0.15) is 28.6 Å². The molecule has 1 saturated carbocycles. The summed E-state index contributed by atoms with van der Waals surface area (Å²) in [5.74, 6) is 1.16. The van der Waals surface area contributed by atoms with E-state index in [0.29, 0.717) is 23.2 Å². The van der Waals surface area contributed by atoms with Crippen LogP contribution < -0.4 is 0 Å². The second-order valence-electron chi connectivity index (χ2n) is 8.83. The maximum absolute atomic E-state index is 13.2. The number of aromatic nitrogens is 6. The molecule has 1 aromatic carbocycles. The van der Waals surface area contributed by atoms with Crippen LogP contribution in [0, 0.1) is 0 Å². The minimum absolute atomic E-state index is 0.249. The monoisotopic (exact) mass is 450 g/mol. The van der Waals surface area contributed by atoms with Gasteiger partial charge in [0.1, 0.15) is 11.4 Å². The summed E-state index contributed by atoms with van der Waals surface area (Å²) in [7, 11) is 0. The Morgan fingerprint density at radius 2 is 1.91 bits per heavy atom. The SMILES string of the molecule is FC(F)(F)c1n[nH]nc1-c1ccnc(-c2cn(C[C@H]3CCc4cccc(C5CC5)c43)cn2)c1. The van der Waals surface area contributed by atoms with Crippen molar-refractivity contribution in [2.75, 3.05) is 0 Å². The first-order valence-corrected chi connectivity index (χ1v) is 11.1. The minimum Gasteiger partial charge on any atom is -0.336 e. The number of pyridine rings is 1. The number of aryl methyl sites for hydroxylation is 1. The molecule has 168 valence electrons. The molecule has 9 heteroatoms. The minimum atomic E-state index is -4.59. The quantitative estimate of drug-likeness (QED) is 0.445. The first-order valence-electron chi connectivity index (χ1n) is 11.1. The molecule has 0 radical (unpaired) electrons. The fraction of sp³-hybridized carbons (Fsp3) is 0.333. The first-order chi connectivity index (χ1) is 16.0. The lowest BCUT2D eigenvalue weighted by Gasteiger charge is -2.16. The molecular weight excluding hydrogens is 429 g/mol. The van der Waals surface area contributed by atoms with Gasteiger partial charge >= 0.3 is 6.18 Å². The van der Waals surface area contributed by atoms with Crippen LogP contribution in [0.1, 0.15) is 53.5 Å². The second-order valence-corrected chi connectivity index (χ2v) is 8.83. The topological polar surface area (TPSA) is 72.3 Å². The molecule has 6 rings (SSSR count). The van der Waals surface area contributed by atoms with Crippen molar-refractivity contribution in [2.24, 2.45) is 0 Å². The van der Waals surface area contributed by atoms with E-state index >= 15 is 0 Å². The zero-order valence-corrected chi connectivity index (χ0v) is 17.7. The highest BCUT2D eigenvalue weighted by molar-refractivity contribution is 5.67. The van der Waals surface area contributed by atoms with Gasteiger partial charge in [0.05, 0.1) is 12.0 Å². The Hall–Kier alpha value is -3.49. The van der Waals surface area contributed by atoms with E-state index in [0.717, 1.165) is 19.4 Å². The molecule has 0 amide bonds. The third kappa shape index (κ3) is 3.71. The number of aromatic amines is 1. The lowest BCUT2D eigenvalue weighted by atomic mass is 9.93. The number of benzene rings is 1. The Labute approximate surface area is 187 Å². The lowest BCUT2D eigenvalue weighted by molar-refractivity contribution is -0.140. The third-order valence-corrected chi connectivity index (χ3v) is 6.59. The van der Waals surface area contributed by atoms with Gasteiger partial charge in [-0.1, -0.05) is 18.2 Å². The number of H-pyrrole nitrogens is 1. The van der Waals surface area contributed by atoms with Gasteiger partial charge in [0.2, 0.25) is 0 Å². The van der Waals surface area contributed by atoms with E-state index in [1.165, 1.54) is 41.8 Å². The Bertz CT molecular complexity index is 1320. The summed E-state index contributed by atoms with van der Waals surface area (Å²) in [4.78, 5) is 8.80. The molecular formula is C24H21F3N6. The zero-order valence-electron chi connectivity index (χ0n) is 17.7. The molecule has 4 aromatic rings. The second kappa shape index (κ2) is 7.54. The van der Waals surface area contributed by atoms with E-state index in [1.807, 2.05) is 6.20 Å². The van der Waals surface area contributed by atoms with Gasteiger partial charge in [-0.25, -0.2) is 4.98 Å². The fourth-order valence-electron chi connectivity index (χ4n) is 4.95. The molecule has 3 heterocycles. The van der Waals surface area contributed by atoms with E-state index in [9.17, 15) is 13.2 Å². The highest BCUT2D eigenvalue weighted by atomic mass is 19.4. The number of imidazole rings is 1. The summed E-state index contributed by atoms with van der Waals surface area (Å²) in [6, 6.07) is 9.76. The van der Waals surface area contributed by atoms with Crippen molar-refractivity contribution < 1.29 is 13.2 Å². The average molecular weight is 450 g/mol. The molecule has 6 nitrogen and oxygen atoms in total. The average Bonchev–Trinajstić information content (AvgIpc) is 3.19. The summed E-state index contributed by atoms with van der Waals surface area (Å²) in [5, 5.41) is 9.04. The van der Waals surface area contributed by atoms with Crippen LogP contribution in [0.3, 0.4) is 0 Å². The van der Waals surface area contributed by atoms with Crippen molar-refractivity contribution in [3.8, 4) is 22.6 Å². The largest absolute Gasteiger partial charge is 0.437 e. The first kappa shape index (κ1) is 20.1. The van der Waals surface area contributed by atoms with E-state index in [-0.39, 0.29) is 11.3 Å². The number of rotatable bonds is 5. The molecule has 0 spiro atoms. The standard InChI is InChI=1S/C24H21F3N6/c25-24(26,27)23-22(30-32-31-23)16-8-9-28-19(10-16)20-12-33(13-29-20)11-17-7-6-15-2-1-3-18(21(15)17)14-4-5-14/h1-3,8-10,12-14,17H,4-7,11H2,(H,30,31,32)/t17-/m1/s1.